The van der Waals surface area contributed by atoms with Gasteiger partial charge in [-0.15, -0.1) is 0 Å². The minimum atomic E-state index is -2.15. The molecule has 0 saturated carbocycles. The highest BCUT2D eigenvalue weighted by molar-refractivity contribution is 5.97. The molecule has 80 valence electrons. The molecule has 0 aromatic carbocycles. The molecule has 0 radical (unpaired) electrons. The summed E-state index contributed by atoms with van der Waals surface area (Å²) in [5, 5.41) is 33.2. The summed E-state index contributed by atoms with van der Waals surface area (Å²) >= 11 is 0. The van der Waals surface area contributed by atoms with Crippen molar-refractivity contribution in [1.82, 2.24) is 0 Å². The topological polar surface area (TPSA) is 141 Å². The third-order valence-corrected chi connectivity index (χ3v) is 1.51. The van der Waals surface area contributed by atoms with Crippen molar-refractivity contribution in [3.63, 3.8) is 0 Å². The van der Waals surface area contributed by atoms with Crippen LogP contribution in [0, 0.1) is 11.8 Å². The van der Waals surface area contributed by atoms with Crippen LogP contribution < -0.4 is 0 Å². The molecule has 8 heteroatoms. The van der Waals surface area contributed by atoms with Crippen LogP contribution in [-0.2, 0) is 19.3 Å². The van der Waals surface area contributed by atoms with Gasteiger partial charge in [0, 0.05) is 0 Å². The molecule has 4 N–H and O–H groups in total. The highest BCUT2D eigenvalue weighted by Gasteiger charge is 2.40. The summed E-state index contributed by atoms with van der Waals surface area (Å²) in [7, 11) is 0. The van der Waals surface area contributed by atoms with E-state index in [9.17, 15) is 14.4 Å². The predicted molar refractivity (Wildman–Crippen MR) is 38.5 cm³/mol. The Morgan fingerprint density at radius 2 is 1.43 bits per heavy atom. The van der Waals surface area contributed by atoms with E-state index in [1.54, 1.807) is 0 Å². The Balaban J connectivity index is 4.82. The van der Waals surface area contributed by atoms with Crippen LogP contribution in [0.15, 0.2) is 0 Å². The summed E-state index contributed by atoms with van der Waals surface area (Å²) < 4.78 is 0. The van der Waals surface area contributed by atoms with Crippen LogP contribution in [0.25, 0.3) is 0 Å². The second-order valence-electron chi connectivity index (χ2n) is 2.39. The summed E-state index contributed by atoms with van der Waals surface area (Å²) in [6.07, 6.45) is 0. The average Bonchev–Trinajstić information content (AvgIpc) is 2.01. The van der Waals surface area contributed by atoms with Crippen molar-refractivity contribution in [1.29, 1.82) is 0 Å². The molecular weight excluding hydrogens is 200 g/mol. The van der Waals surface area contributed by atoms with E-state index in [0.717, 1.165) is 0 Å². The van der Waals surface area contributed by atoms with Crippen LogP contribution in [0.1, 0.15) is 0 Å². The second-order valence-corrected chi connectivity index (χ2v) is 2.39. The third-order valence-electron chi connectivity index (χ3n) is 1.51. The summed E-state index contributed by atoms with van der Waals surface area (Å²) in [5.41, 5.74) is 0. The van der Waals surface area contributed by atoms with E-state index in [-0.39, 0.29) is 0 Å². The highest BCUT2D eigenvalue weighted by Crippen LogP contribution is 2.13. The molecule has 0 heterocycles. The molecule has 0 aromatic heterocycles. The Labute approximate surface area is 77.3 Å². The van der Waals surface area contributed by atoms with Gasteiger partial charge in [0.25, 0.3) is 0 Å². The summed E-state index contributed by atoms with van der Waals surface area (Å²) in [6, 6.07) is 0. The molecule has 0 fully saturated rings. The molecule has 0 bridgehead atoms. The number of carboxylic acids is 3. The van der Waals surface area contributed by atoms with Gasteiger partial charge in [-0.05, 0) is 0 Å². The molecular formula is C6H8O8. The van der Waals surface area contributed by atoms with E-state index in [1.807, 2.05) is 0 Å². The van der Waals surface area contributed by atoms with Crippen molar-refractivity contribution >= 4 is 17.9 Å². The van der Waals surface area contributed by atoms with Gasteiger partial charge in [0.1, 0.15) is 5.92 Å². The molecule has 0 aromatic rings. The van der Waals surface area contributed by atoms with Crippen molar-refractivity contribution in [3.8, 4) is 0 Å². The van der Waals surface area contributed by atoms with Gasteiger partial charge in [-0.1, -0.05) is 0 Å². The fourth-order valence-electron chi connectivity index (χ4n) is 0.840. The number of aliphatic carboxylic acids is 3. The van der Waals surface area contributed by atoms with Crippen molar-refractivity contribution in [2.75, 3.05) is 6.61 Å². The quantitative estimate of drug-likeness (QED) is 0.246. The second kappa shape index (κ2) is 5.14. The van der Waals surface area contributed by atoms with Gasteiger partial charge in [-0.3, -0.25) is 19.6 Å². The summed E-state index contributed by atoms with van der Waals surface area (Å²) in [6.45, 7) is -0.904. The minimum Gasteiger partial charge on any atom is -0.481 e. The van der Waals surface area contributed by atoms with Gasteiger partial charge in [-0.2, -0.15) is 0 Å². The van der Waals surface area contributed by atoms with E-state index in [4.69, 9.17) is 20.6 Å². The first-order valence-electron chi connectivity index (χ1n) is 3.36. The van der Waals surface area contributed by atoms with Crippen LogP contribution in [0.2, 0.25) is 0 Å². The number of rotatable bonds is 6. The van der Waals surface area contributed by atoms with Crippen LogP contribution in [-0.4, -0.2) is 45.1 Å². The molecule has 0 aliphatic carbocycles. The predicted octanol–water partition coefficient (Wildman–Crippen LogP) is -1.04. The van der Waals surface area contributed by atoms with Gasteiger partial charge in [-0.25, -0.2) is 4.89 Å². The maximum atomic E-state index is 10.4. The average molecular weight is 208 g/mol. The lowest BCUT2D eigenvalue weighted by Gasteiger charge is -2.14. The van der Waals surface area contributed by atoms with E-state index in [0.29, 0.717) is 0 Å². The Morgan fingerprint density at radius 1 is 1.00 bits per heavy atom. The van der Waals surface area contributed by atoms with Gasteiger partial charge in [0.2, 0.25) is 0 Å². The van der Waals surface area contributed by atoms with Gasteiger partial charge in [0.15, 0.2) is 5.92 Å². The van der Waals surface area contributed by atoms with E-state index >= 15 is 0 Å². The normalized spacial score (nSPS) is 12.4. The van der Waals surface area contributed by atoms with Crippen LogP contribution in [0.5, 0.6) is 0 Å². The smallest absolute Gasteiger partial charge is 0.318 e. The molecule has 0 saturated heterocycles. The summed E-state index contributed by atoms with van der Waals surface area (Å²) in [4.78, 5) is 34.6. The Bertz CT molecular complexity index is 232. The van der Waals surface area contributed by atoms with Crippen LogP contribution in [0.4, 0.5) is 0 Å². The lowest BCUT2D eigenvalue weighted by atomic mass is 9.93. The number of hydrogen-bond acceptors (Lipinski definition) is 5. The molecule has 0 spiro atoms. The third kappa shape index (κ3) is 2.99. The van der Waals surface area contributed by atoms with Crippen molar-refractivity contribution < 1.29 is 39.8 Å². The number of carboxylic acid groups (broad SMARTS) is 3. The maximum Gasteiger partial charge on any atom is 0.318 e. The molecule has 0 aliphatic rings. The monoisotopic (exact) mass is 208 g/mol. The van der Waals surface area contributed by atoms with E-state index < -0.39 is 36.4 Å². The molecule has 8 nitrogen and oxygen atoms in total. The lowest BCUT2D eigenvalue weighted by molar-refractivity contribution is -0.254. The number of carbonyl (C=O) groups is 3. The highest BCUT2D eigenvalue weighted by atomic mass is 17.1. The fourth-order valence-corrected chi connectivity index (χ4v) is 0.840. The first-order valence-corrected chi connectivity index (χ1v) is 3.36. The zero-order valence-corrected chi connectivity index (χ0v) is 6.78. The van der Waals surface area contributed by atoms with Crippen LogP contribution >= 0.6 is 0 Å². The Hall–Kier alpha value is -1.67. The van der Waals surface area contributed by atoms with Crippen molar-refractivity contribution in [3.05, 3.63) is 0 Å². The summed E-state index contributed by atoms with van der Waals surface area (Å²) in [5.74, 6) is -9.27. The van der Waals surface area contributed by atoms with Gasteiger partial charge >= 0.3 is 17.9 Å². The molecule has 1 atom stereocenters. The van der Waals surface area contributed by atoms with Gasteiger partial charge < -0.3 is 15.3 Å². The Morgan fingerprint density at radius 3 is 1.64 bits per heavy atom. The van der Waals surface area contributed by atoms with Crippen molar-refractivity contribution in [2.45, 2.75) is 0 Å². The first-order chi connectivity index (χ1) is 6.41. The zero-order chi connectivity index (χ0) is 11.3. The van der Waals surface area contributed by atoms with E-state index in [1.165, 1.54) is 0 Å². The minimum absolute atomic E-state index is 0.904. The maximum absolute atomic E-state index is 10.4. The first kappa shape index (κ1) is 12.3. The van der Waals surface area contributed by atoms with Crippen LogP contribution in [0.3, 0.4) is 0 Å². The van der Waals surface area contributed by atoms with Gasteiger partial charge in [0.05, 0.1) is 6.61 Å². The molecule has 0 rings (SSSR count). The van der Waals surface area contributed by atoms with E-state index in [2.05, 4.69) is 4.89 Å². The molecule has 0 aliphatic heterocycles. The van der Waals surface area contributed by atoms with Crippen molar-refractivity contribution in [2.24, 2.45) is 11.8 Å². The largest absolute Gasteiger partial charge is 0.481 e. The SMILES string of the molecule is O=C(O)C(COO)C(C(=O)O)C(=O)O. The Kier molecular flexibility index (Phi) is 4.53. The molecule has 14 heavy (non-hydrogen) atoms. The molecule has 1 unspecified atom stereocenters. The molecule has 0 amide bonds. The fraction of sp³-hybridized carbons (Fsp3) is 0.500. The zero-order valence-electron chi connectivity index (χ0n) is 6.78. The lowest BCUT2D eigenvalue weighted by Crippen LogP contribution is -2.38. The standard InChI is InChI=1S/C6H8O8/c7-4(8)2(1-14-13)3(5(9)10)6(11)12/h2-3,13H,1H2,(H,7,8)(H,9,10)(H,11,12). The number of hydrogen-bond donors (Lipinski definition) is 4.